The molecule has 1 aromatic rings. The van der Waals surface area contributed by atoms with E-state index in [9.17, 15) is 4.79 Å². The summed E-state index contributed by atoms with van der Waals surface area (Å²) >= 11 is 0. The molecule has 130 valence electrons. The Labute approximate surface area is 144 Å². The van der Waals surface area contributed by atoms with Crippen molar-refractivity contribution in [3.63, 3.8) is 0 Å². The smallest absolute Gasteiger partial charge is 0.445 e. The van der Waals surface area contributed by atoms with Gasteiger partial charge in [-0.25, -0.2) is 4.79 Å². The van der Waals surface area contributed by atoms with Gasteiger partial charge in [0.05, 0.1) is 11.2 Å². The molecule has 0 N–H and O–H groups in total. The fraction of sp³-hybridized carbons (Fsp3) is 0.611. The number of amides is 1. The molecule has 0 saturated carbocycles. The second-order valence-electron chi connectivity index (χ2n) is 7.73. The van der Waals surface area contributed by atoms with Crippen molar-refractivity contribution in [2.75, 3.05) is 13.1 Å². The van der Waals surface area contributed by atoms with Gasteiger partial charge in [0.1, 0.15) is 6.61 Å². The predicted molar refractivity (Wildman–Crippen MR) is 92.6 cm³/mol. The van der Waals surface area contributed by atoms with Gasteiger partial charge >= 0.3 is 13.2 Å². The van der Waals surface area contributed by atoms with E-state index in [2.05, 4.69) is 27.7 Å². The summed E-state index contributed by atoms with van der Waals surface area (Å²) < 4.78 is 17.4. The molecule has 5 nitrogen and oxygen atoms in total. The zero-order valence-electron chi connectivity index (χ0n) is 15.0. The zero-order chi connectivity index (χ0) is 17.4. The third-order valence-corrected chi connectivity index (χ3v) is 5.25. The molecule has 2 saturated heterocycles. The molecule has 0 aromatic heterocycles. The molecule has 1 aromatic carbocycles. The maximum atomic E-state index is 12.0. The van der Waals surface area contributed by atoms with E-state index in [0.717, 1.165) is 11.9 Å². The van der Waals surface area contributed by atoms with Gasteiger partial charge in [0.15, 0.2) is 0 Å². The maximum Gasteiger partial charge on any atom is 0.458 e. The Morgan fingerprint density at radius 3 is 2.33 bits per heavy atom. The lowest BCUT2D eigenvalue weighted by Gasteiger charge is -2.38. The standard InChI is InChI=1S/C18H26BNO4/c1-17(2)18(3,4)24-19(23-17)10-15-11-20(12-15)16(21)22-13-14-8-6-5-7-9-14/h5-9,15H,10-13H2,1-4H3. The molecule has 0 atom stereocenters. The summed E-state index contributed by atoms with van der Waals surface area (Å²) in [5.74, 6) is 0.406. The van der Waals surface area contributed by atoms with E-state index in [4.69, 9.17) is 14.0 Å². The summed E-state index contributed by atoms with van der Waals surface area (Å²) in [4.78, 5) is 13.8. The number of likely N-dealkylation sites (tertiary alicyclic amines) is 1. The number of benzene rings is 1. The fourth-order valence-corrected chi connectivity index (χ4v) is 3.01. The minimum atomic E-state index is -0.296. The fourth-order valence-electron chi connectivity index (χ4n) is 3.01. The highest BCUT2D eigenvalue weighted by Crippen LogP contribution is 2.39. The van der Waals surface area contributed by atoms with Crippen molar-refractivity contribution in [2.45, 2.75) is 51.8 Å². The van der Waals surface area contributed by atoms with Crippen LogP contribution < -0.4 is 0 Å². The van der Waals surface area contributed by atoms with Crippen LogP contribution in [0.3, 0.4) is 0 Å². The van der Waals surface area contributed by atoms with E-state index in [1.807, 2.05) is 30.3 Å². The summed E-state index contributed by atoms with van der Waals surface area (Å²) in [7, 11) is -0.192. The Bertz CT molecular complexity index is 568. The average molecular weight is 331 g/mol. The Balaban J connectivity index is 1.39. The van der Waals surface area contributed by atoms with Crippen LogP contribution in [0.1, 0.15) is 33.3 Å². The number of rotatable bonds is 4. The van der Waals surface area contributed by atoms with Crippen LogP contribution in [0.5, 0.6) is 0 Å². The lowest BCUT2D eigenvalue weighted by atomic mass is 9.74. The van der Waals surface area contributed by atoms with Crippen LogP contribution in [0, 0.1) is 5.92 Å². The number of carbonyl (C=O) groups is 1. The normalized spacial score (nSPS) is 22.3. The molecule has 0 radical (unpaired) electrons. The van der Waals surface area contributed by atoms with Crippen LogP contribution in [0.25, 0.3) is 0 Å². The lowest BCUT2D eigenvalue weighted by Crippen LogP contribution is -2.51. The first kappa shape index (κ1) is 17.3. The van der Waals surface area contributed by atoms with E-state index in [-0.39, 0.29) is 24.4 Å². The Hall–Kier alpha value is -1.53. The second-order valence-corrected chi connectivity index (χ2v) is 7.73. The van der Waals surface area contributed by atoms with E-state index in [1.165, 1.54) is 0 Å². The molecule has 0 unspecified atom stereocenters. The number of ether oxygens (including phenoxy) is 1. The number of hydrogen-bond acceptors (Lipinski definition) is 4. The first-order chi connectivity index (χ1) is 11.3. The summed E-state index contributed by atoms with van der Waals surface area (Å²) in [5.41, 5.74) is 0.408. The molecule has 24 heavy (non-hydrogen) atoms. The van der Waals surface area contributed by atoms with Gasteiger partial charge in [-0.3, -0.25) is 0 Å². The zero-order valence-corrected chi connectivity index (χ0v) is 15.0. The quantitative estimate of drug-likeness (QED) is 0.794. The summed E-state index contributed by atoms with van der Waals surface area (Å²) in [5, 5.41) is 0. The van der Waals surface area contributed by atoms with E-state index >= 15 is 0 Å². The summed E-state index contributed by atoms with van der Waals surface area (Å²) in [6.45, 7) is 9.96. The molecule has 2 aliphatic rings. The van der Waals surface area contributed by atoms with Crippen molar-refractivity contribution in [1.82, 2.24) is 4.90 Å². The minimum absolute atomic E-state index is 0.192. The monoisotopic (exact) mass is 331 g/mol. The van der Waals surface area contributed by atoms with Gasteiger partial charge in [0.25, 0.3) is 0 Å². The van der Waals surface area contributed by atoms with Crippen molar-refractivity contribution in [2.24, 2.45) is 5.92 Å². The molecule has 0 bridgehead atoms. The van der Waals surface area contributed by atoms with E-state index in [0.29, 0.717) is 25.6 Å². The molecular weight excluding hydrogens is 305 g/mol. The first-order valence-electron chi connectivity index (χ1n) is 8.58. The number of hydrogen-bond donors (Lipinski definition) is 0. The third kappa shape index (κ3) is 3.60. The minimum Gasteiger partial charge on any atom is -0.445 e. The van der Waals surface area contributed by atoms with Crippen LogP contribution in [-0.4, -0.2) is 42.4 Å². The Kier molecular flexibility index (Phi) is 4.62. The molecule has 2 aliphatic heterocycles. The van der Waals surface area contributed by atoms with Crippen molar-refractivity contribution in [3.8, 4) is 0 Å². The van der Waals surface area contributed by atoms with Crippen molar-refractivity contribution >= 4 is 13.2 Å². The van der Waals surface area contributed by atoms with Gasteiger partial charge in [0.2, 0.25) is 0 Å². The molecule has 2 fully saturated rings. The van der Waals surface area contributed by atoms with Gasteiger partial charge < -0.3 is 18.9 Å². The SMILES string of the molecule is CC1(C)OB(CC2CN(C(=O)OCc3ccccc3)C2)OC1(C)C. The highest BCUT2D eigenvalue weighted by Gasteiger charge is 2.52. The molecule has 0 spiro atoms. The van der Waals surface area contributed by atoms with Gasteiger partial charge in [-0.1, -0.05) is 30.3 Å². The van der Waals surface area contributed by atoms with Crippen molar-refractivity contribution < 1.29 is 18.8 Å². The molecule has 3 rings (SSSR count). The van der Waals surface area contributed by atoms with E-state index < -0.39 is 0 Å². The van der Waals surface area contributed by atoms with Gasteiger partial charge in [-0.2, -0.15) is 0 Å². The Morgan fingerprint density at radius 1 is 1.17 bits per heavy atom. The van der Waals surface area contributed by atoms with Crippen LogP contribution in [0.15, 0.2) is 30.3 Å². The van der Waals surface area contributed by atoms with Crippen molar-refractivity contribution in [1.29, 1.82) is 0 Å². The van der Waals surface area contributed by atoms with Gasteiger partial charge in [-0.15, -0.1) is 0 Å². The predicted octanol–water partition coefficient (Wildman–Crippen LogP) is 3.35. The second kappa shape index (κ2) is 6.41. The Morgan fingerprint density at radius 2 is 1.75 bits per heavy atom. The maximum absolute atomic E-state index is 12.0. The molecule has 2 heterocycles. The van der Waals surface area contributed by atoms with Gasteiger partial charge in [-0.05, 0) is 45.5 Å². The highest BCUT2D eigenvalue weighted by atomic mass is 16.7. The molecule has 0 aliphatic carbocycles. The van der Waals surface area contributed by atoms with Crippen molar-refractivity contribution in [3.05, 3.63) is 35.9 Å². The van der Waals surface area contributed by atoms with Gasteiger partial charge in [0, 0.05) is 13.1 Å². The molecule has 1 amide bonds. The van der Waals surface area contributed by atoms with E-state index in [1.54, 1.807) is 4.90 Å². The lowest BCUT2D eigenvalue weighted by molar-refractivity contribution is 0.00578. The molecule has 6 heteroatoms. The highest BCUT2D eigenvalue weighted by molar-refractivity contribution is 6.45. The third-order valence-electron chi connectivity index (χ3n) is 5.25. The summed E-state index contributed by atoms with van der Waals surface area (Å²) in [6, 6.07) is 9.72. The average Bonchev–Trinajstić information content (AvgIpc) is 2.68. The van der Waals surface area contributed by atoms with Crippen LogP contribution >= 0.6 is 0 Å². The topological polar surface area (TPSA) is 48.0 Å². The van der Waals surface area contributed by atoms with Crippen LogP contribution in [-0.2, 0) is 20.7 Å². The van der Waals surface area contributed by atoms with Crippen LogP contribution in [0.2, 0.25) is 6.32 Å². The number of carbonyl (C=O) groups excluding carboxylic acids is 1. The first-order valence-corrected chi connectivity index (χ1v) is 8.58. The molecular formula is C18H26BNO4. The largest absolute Gasteiger partial charge is 0.458 e. The number of nitrogens with zero attached hydrogens (tertiary/aromatic N) is 1. The van der Waals surface area contributed by atoms with Crippen LogP contribution in [0.4, 0.5) is 4.79 Å². The summed E-state index contributed by atoms with van der Waals surface area (Å²) in [6.07, 6.45) is 0.569.